The first-order chi connectivity index (χ1) is 14.0. The van der Waals surface area contributed by atoms with Gasteiger partial charge in [0.05, 0.1) is 11.5 Å². The van der Waals surface area contributed by atoms with Crippen molar-refractivity contribution in [3.8, 4) is 0 Å². The summed E-state index contributed by atoms with van der Waals surface area (Å²) in [6, 6.07) is 16.9. The number of benzene rings is 2. The first kappa shape index (κ1) is 21.3. The molecule has 1 amide bonds. The Kier molecular flexibility index (Phi) is 7.64. The van der Waals surface area contributed by atoms with Gasteiger partial charge in [0.15, 0.2) is 5.17 Å². The number of hydrogen-bond acceptors (Lipinski definition) is 4. The van der Waals surface area contributed by atoms with Gasteiger partial charge in [-0.05, 0) is 47.4 Å². The van der Waals surface area contributed by atoms with E-state index in [1.807, 2.05) is 12.1 Å². The van der Waals surface area contributed by atoms with Gasteiger partial charge in [-0.25, -0.2) is 0 Å². The topological polar surface area (TPSA) is 53.8 Å². The number of nitrogens with zero attached hydrogens (tertiary/aromatic N) is 2. The van der Waals surface area contributed by atoms with E-state index in [0.717, 1.165) is 12.0 Å². The van der Waals surface area contributed by atoms with E-state index in [2.05, 4.69) is 72.7 Å². The van der Waals surface area contributed by atoms with Crippen LogP contribution >= 0.6 is 11.8 Å². The minimum Gasteiger partial charge on any atom is -0.303 e. The van der Waals surface area contributed by atoms with Crippen molar-refractivity contribution in [3.05, 3.63) is 70.8 Å². The molecule has 0 aliphatic carbocycles. The van der Waals surface area contributed by atoms with Crippen LogP contribution in [-0.4, -0.2) is 22.5 Å². The first-order valence-corrected chi connectivity index (χ1v) is 11.2. The number of carbonyl (C=O) groups excluding carboxylic acids is 1. The standard InChI is InChI=1S/C24H29N3OS/c1-4-5-6-18-7-9-19(10-8-18)15-22-23(28)26-24(29-22)27-25-16-20-11-13-21(14-12-20)17(2)3/h7-14,16-17,22H,4-6,15H2,1-3H3,(H,26,27,28). The number of hydrogen-bond donors (Lipinski definition) is 1. The molecule has 0 spiro atoms. The molecule has 2 aromatic carbocycles. The fourth-order valence-electron chi connectivity index (χ4n) is 3.14. The second-order valence-electron chi connectivity index (χ2n) is 7.69. The Hall–Kier alpha value is -2.40. The maximum Gasteiger partial charge on any atom is 0.239 e. The number of aryl methyl sites for hydroxylation is 1. The van der Waals surface area contributed by atoms with Gasteiger partial charge in [-0.15, -0.1) is 5.10 Å². The third-order valence-electron chi connectivity index (χ3n) is 5.00. The monoisotopic (exact) mass is 407 g/mol. The summed E-state index contributed by atoms with van der Waals surface area (Å²) in [6.07, 6.45) is 5.94. The van der Waals surface area contributed by atoms with E-state index in [1.54, 1.807) is 6.21 Å². The largest absolute Gasteiger partial charge is 0.303 e. The lowest BCUT2D eigenvalue weighted by Crippen LogP contribution is -2.25. The van der Waals surface area contributed by atoms with Gasteiger partial charge in [0.25, 0.3) is 0 Å². The van der Waals surface area contributed by atoms with Gasteiger partial charge in [-0.1, -0.05) is 87.5 Å². The normalized spacial score (nSPS) is 18.1. The smallest absolute Gasteiger partial charge is 0.239 e. The maximum atomic E-state index is 12.3. The third-order valence-corrected chi connectivity index (χ3v) is 6.07. The zero-order valence-corrected chi connectivity index (χ0v) is 18.2. The van der Waals surface area contributed by atoms with Crippen LogP contribution in [0.15, 0.2) is 58.7 Å². The van der Waals surface area contributed by atoms with E-state index in [9.17, 15) is 4.79 Å². The molecule has 0 radical (unpaired) electrons. The molecule has 3 rings (SSSR count). The third kappa shape index (κ3) is 6.29. The molecule has 5 heteroatoms. The Labute approximate surface area is 177 Å². The van der Waals surface area contributed by atoms with Crippen molar-refractivity contribution in [2.45, 2.75) is 57.6 Å². The zero-order valence-electron chi connectivity index (χ0n) is 17.4. The van der Waals surface area contributed by atoms with E-state index in [1.165, 1.54) is 41.3 Å². The average Bonchev–Trinajstić information content (AvgIpc) is 3.07. The Morgan fingerprint density at radius 2 is 1.76 bits per heavy atom. The van der Waals surface area contributed by atoms with Crippen molar-refractivity contribution < 1.29 is 4.79 Å². The van der Waals surface area contributed by atoms with E-state index >= 15 is 0 Å². The molecule has 1 unspecified atom stereocenters. The molecule has 1 N–H and O–H groups in total. The van der Waals surface area contributed by atoms with E-state index in [0.29, 0.717) is 17.5 Å². The quantitative estimate of drug-likeness (QED) is 0.476. The molecule has 0 saturated carbocycles. The highest BCUT2D eigenvalue weighted by Gasteiger charge is 2.30. The minimum absolute atomic E-state index is 0.000274. The van der Waals surface area contributed by atoms with Gasteiger partial charge >= 0.3 is 0 Å². The van der Waals surface area contributed by atoms with Gasteiger partial charge in [-0.3, -0.25) is 4.79 Å². The lowest BCUT2D eigenvalue weighted by Gasteiger charge is -2.06. The fourth-order valence-corrected chi connectivity index (χ4v) is 4.10. The van der Waals surface area contributed by atoms with Crippen LogP contribution in [0.5, 0.6) is 0 Å². The number of thioether (sulfide) groups is 1. The fraction of sp³-hybridized carbons (Fsp3) is 0.375. The maximum absolute atomic E-state index is 12.3. The lowest BCUT2D eigenvalue weighted by molar-refractivity contribution is -0.118. The molecule has 29 heavy (non-hydrogen) atoms. The average molecular weight is 408 g/mol. The number of carbonyl (C=O) groups is 1. The number of nitrogens with one attached hydrogen (secondary N) is 1. The molecule has 0 bridgehead atoms. The summed E-state index contributed by atoms with van der Waals surface area (Å²) in [5.74, 6) is 0.510. The Bertz CT molecular complexity index is 870. The van der Waals surface area contributed by atoms with Gasteiger partial charge in [0.2, 0.25) is 5.91 Å². The van der Waals surface area contributed by atoms with Crippen molar-refractivity contribution in [1.29, 1.82) is 0 Å². The molecule has 1 heterocycles. The van der Waals surface area contributed by atoms with Crippen molar-refractivity contribution in [2.75, 3.05) is 0 Å². The summed E-state index contributed by atoms with van der Waals surface area (Å²) in [5.41, 5.74) is 4.83. The predicted molar refractivity (Wildman–Crippen MR) is 124 cm³/mol. The van der Waals surface area contributed by atoms with Crippen molar-refractivity contribution in [2.24, 2.45) is 10.2 Å². The minimum atomic E-state index is -0.157. The van der Waals surface area contributed by atoms with Crippen LogP contribution < -0.4 is 5.32 Å². The van der Waals surface area contributed by atoms with Gasteiger partial charge in [0, 0.05) is 0 Å². The predicted octanol–water partition coefficient (Wildman–Crippen LogP) is 5.32. The molecule has 1 atom stereocenters. The number of amides is 1. The summed E-state index contributed by atoms with van der Waals surface area (Å²) >= 11 is 1.45. The van der Waals surface area contributed by atoms with Gasteiger partial charge in [0.1, 0.15) is 0 Å². The Morgan fingerprint density at radius 1 is 1.07 bits per heavy atom. The highest BCUT2D eigenvalue weighted by molar-refractivity contribution is 8.15. The van der Waals surface area contributed by atoms with E-state index in [4.69, 9.17) is 0 Å². The molecule has 152 valence electrons. The second kappa shape index (κ2) is 10.4. The SMILES string of the molecule is CCCCc1ccc(CC2S/C(=N/N=Cc3ccc(C(C)C)cc3)NC2=O)cc1. The van der Waals surface area contributed by atoms with Crippen LogP contribution in [-0.2, 0) is 17.6 Å². The lowest BCUT2D eigenvalue weighted by atomic mass is 10.0. The number of amidine groups is 1. The zero-order chi connectivity index (χ0) is 20.6. The molecule has 2 aromatic rings. The summed E-state index contributed by atoms with van der Waals surface area (Å²) in [6.45, 7) is 6.55. The highest BCUT2D eigenvalue weighted by Crippen LogP contribution is 2.24. The van der Waals surface area contributed by atoms with Gasteiger partial charge < -0.3 is 5.32 Å². The second-order valence-corrected chi connectivity index (χ2v) is 8.88. The summed E-state index contributed by atoms with van der Waals surface area (Å²) < 4.78 is 0. The summed E-state index contributed by atoms with van der Waals surface area (Å²) in [5, 5.41) is 11.6. The van der Waals surface area contributed by atoms with Crippen molar-refractivity contribution in [3.63, 3.8) is 0 Å². The summed E-state index contributed by atoms with van der Waals surface area (Å²) in [4.78, 5) is 12.3. The molecule has 1 fully saturated rings. The van der Waals surface area contributed by atoms with E-state index < -0.39 is 0 Å². The highest BCUT2D eigenvalue weighted by atomic mass is 32.2. The molecule has 1 saturated heterocycles. The van der Waals surface area contributed by atoms with E-state index in [-0.39, 0.29) is 11.2 Å². The molecular formula is C24H29N3OS. The molecule has 1 aliphatic heterocycles. The summed E-state index contributed by atoms with van der Waals surface area (Å²) in [7, 11) is 0. The van der Waals surface area contributed by atoms with Crippen LogP contribution in [0.2, 0.25) is 0 Å². The van der Waals surface area contributed by atoms with Crippen molar-refractivity contribution in [1.82, 2.24) is 5.32 Å². The van der Waals surface area contributed by atoms with Crippen LogP contribution in [0.25, 0.3) is 0 Å². The number of rotatable bonds is 8. The molecule has 4 nitrogen and oxygen atoms in total. The molecule has 1 aliphatic rings. The Balaban J connectivity index is 1.55. The molecular weight excluding hydrogens is 378 g/mol. The van der Waals surface area contributed by atoms with Gasteiger partial charge in [-0.2, -0.15) is 5.10 Å². The van der Waals surface area contributed by atoms with Crippen LogP contribution in [0.1, 0.15) is 61.8 Å². The van der Waals surface area contributed by atoms with Crippen molar-refractivity contribution >= 4 is 29.1 Å². The van der Waals surface area contributed by atoms with Crippen LogP contribution in [0.4, 0.5) is 0 Å². The number of unbranched alkanes of at least 4 members (excludes halogenated alkanes) is 1. The molecule has 0 aromatic heterocycles. The van der Waals surface area contributed by atoms with Crippen LogP contribution in [0.3, 0.4) is 0 Å². The Morgan fingerprint density at radius 3 is 2.41 bits per heavy atom. The first-order valence-electron chi connectivity index (χ1n) is 10.3. The van der Waals surface area contributed by atoms with Crippen LogP contribution in [0, 0.1) is 0 Å².